The van der Waals surface area contributed by atoms with Gasteiger partial charge >= 0.3 is 0 Å². The average Bonchev–Trinajstić information content (AvgIpc) is 3.05. The molecule has 0 saturated heterocycles. The van der Waals surface area contributed by atoms with Gasteiger partial charge in [0.05, 0.1) is 21.8 Å². The van der Waals surface area contributed by atoms with Gasteiger partial charge in [-0.15, -0.1) is 11.3 Å². The lowest BCUT2D eigenvalue weighted by Gasteiger charge is -2.09. The van der Waals surface area contributed by atoms with Gasteiger partial charge in [0.1, 0.15) is 11.6 Å². The molecule has 0 aliphatic carbocycles. The van der Waals surface area contributed by atoms with Crippen LogP contribution in [0, 0.1) is 11.6 Å². The Hall–Kier alpha value is -2.60. The molecule has 22 heavy (non-hydrogen) atoms. The van der Waals surface area contributed by atoms with Gasteiger partial charge in [0.25, 0.3) is 5.91 Å². The molecule has 0 saturated carbocycles. The van der Waals surface area contributed by atoms with Gasteiger partial charge < -0.3 is 5.32 Å². The monoisotopic (exact) mass is 316 g/mol. The highest BCUT2D eigenvalue weighted by Crippen LogP contribution is 2.26. The van der Waals surface area contributed by atoms with Gasteiger partial charge in [0.2, 0.25) is 0 Å². The van der Waals surface area contributed by atoms with Crippen LogP contribution in [0.5, 0.6) is 0 Å². The van der Waals surface area contributed by atoms with Crippen molar-refractivity contribution in [1.29, 1.82) is 0 Å². The van der Waals surface area contributed by atoms with Crippen LogP contribution in [0.1, 0.15) is 10.4 Å². The molecule has 3 nitrogen and oxygen atoms in total. The van der Waals surface area contributed by atoms with Gasteiger partial charge in [-0.05, 0) is 35.7 Å². The molecule has 0 aliphatic rings. The molecule has 110 valence electrons. The zero-order valence-corrected chi connectivity index (χ0v) is 12.0. The number of benzene rings is 1. The highest BCUT2D eigenvalue weighted by Gasteiger charge is 2.16. The lowest BCUT2D eigenvalue weighted by Crippen LogP contribution is -2.14. The Kier molecular flexibility index (Phi) is 3.93. The average molecular weight is 316 g/mol. The fraction of sp³-hybridized carbons (Fsp3) is 0. The molecule has 2 aromatic heterocycles. The summed E-state index contributed by atoms with van der Waals surface area (Å²) in [7, 11) is 0. The molecule has 0 fully saturated rings. The van der Waals surface area contributed by atoms with Crippen molar-refractivity contribution in [2.24, 2.45) is 0 Å². The van der Waals surface area contributed by atoms with Crippen molar-refractivity contribution in [2.45, 2.75) is 0 Å². The highest BCUT2D eigenvalue weighted by atomic mass is 32.1. The first kappa shape index (κ1) is 14.3. The van der Waals surface area contributed by atoms with Gasteiger partial charge in [-0.2, -0.15) is 0 Å². The number of hydrogen-bond acceptors (Lipinski definition) is 3. The van der Waals surface area contributed by atoms with Crippen molar-refractivity contribution < 1.29 is 13.6 Å². The van der Waals surface area contributed by atoms with E-state index in [0.29, 0.717) is 11.3 Å². The number of thiophene rings is 1. The maximum atomic E-state index is 13.6. The van der Waals surface area contributed by atoms with Crippen molar-refractivity contribution in [3.8, 4) is 10.6 Å². The summed E-state index contributed by atoms with van der Waals surface area (Å²) in [5, 5.41) is 4.25. The number of rotatable bonds is 3. The van der Waals surface area contributed by atoms with E-state index in [1.807, 2.05) is 17.5 Å². The first-order valence-corrected chi connectivity index (χ1v) is 7.28. The van der Waals surface area contributed by atoms with Crippen molar-refractivity contribution in [3.05, 3.63) is 71.2 Å². The Labute approximate surface area is 129 Å². The number of carbonyl (C=O) groups is 1. The molecule has 0 aliphatic heterocycles. The third-order valence-corrected chi connectivity index (χ3v) is 3.86. The third-order valence-electron chi connectivity index (χ3n) is 2.98. The molecule has 1 N–H and O–H groups in total. The molecular formula is C16H10F2N2OS. The van der Waals surface area contributed by atoms with E-state index in [-0.39, 0.29) is 5.69 Å². The molecule has 6 heteroatoms. The molecular weight excluding hydrogens is 306 g/mol. The second-order valence-corrected chi connectivity index (χ2v) is 5.40. The van der Waals surface area contributed by atoms with Crippen molar-refractivity contribution in [2.75, 3.05) is 5.32 Å². The van der Waals surface area contributed by atoms with Crippen LogP contribution in [0.2, 0.25) is 0 Å². The Morgan fingerprint density at radius 2 is 2.00 bits per heavy atom. The number of hydrogen-bond donors (Lipinski definition) is 1. The normalized spacial score (nSPS) is 10.5. The van der Waals surface area contributed by atoms with E-state index in [1.165, 1.54) is 11.3 Å². The van der Waals surface area contributed by atoms with Gasteiger partial charge in [0.15, 0.2) is 0 Å². The van der Waals surface area contributed by atoms with Crippen LogP contribution in [0.4, 0.5) is 14.5 Å². The minimum Gasteiger partial charge on any atom is -0.319 e. The number of pyridine rings is 1. The van der Waals surface area contributed by atoms with E-state index in [0.717, 1.165) is 23.1 Å². The molecule has 0 spiro atoms. The molecule has 3 aromatic rings. The van der Waals surface area contributed by atoms with Crippen molar-refractivity contribution in [1.82, 2.24) is 4.98 Å². The summed E-state index contributed by atoms with van der Waals surface area (Å²) in [6.07, 6.45) is 1.58. The minimum absolute atomic E-state index is 0.203. The molecule has 0 unspecified atom stereocenters. The number of aromatic nitrogens is 1. The second-order valence-electron chi connectivity index (χ2n) is 4.46. The Balaban J connectivity index is 1.95. The van der Waals surface area contributed by atoms with Crippen LogP contribution in [-0.4, -0.2) is 10.9 Å². The maximum absolute atomic E-state index is 13.6. The predicted molar refractivity (Wildman–Crippen MR) is 81.9 cm³/mol. The molecule has 1 aromatic carbocycles. The van der Waals surface area contributed by atoms with Crippen LogP contribution < -0.4 is 5.32 Å². The number of nitrogens with one attached hydrogen (secondary N) is 1. The van der Waals surface area contributed by atoms with Crippen molar-refractivity contribution in [3.63, 3.8) is 0 Å². The molecule has 3 rings (SSSR count). The minimum atomic E-state index is -0.698. The SMILES string of the molecule is O=C(Nc1cc(F)ccc1F)c1cccnc1-c1cccs1. The van der Waals surface area contributed by atoms with E-state index >= 15 is 0 Å². The van der Waals surface area contributed by atoms with E-state index in [9.17, 15) is 13.6 Å². The van der Waals surface area contributed by atoms with E-state index in [2.05, 4.69) is 10.3 Å². The van der Waals surface area contributed by atoms with Crippen LogP contribution in [0.3, 0.4) is 0 Å². The number of carbonyl (C=O) groups excluding carboxylic acids is 1. The first-order chi connectivity index (χ1) is 10.6. The number of amides is 1. The quantitative estimate of drug-likeness (QED) is 0.781. The molecule has 0 radical (unpaired) electrons. The Morgan fingerprint density at radius 3 is 2.77 bits per heavy atom. The van der Waals surface area contributed by atoms with Crippen molar-refractivity contribution >= 4 is 22.9 Å². The number of halogens is 2. The van der Waals surface area contributed by atoms with Crippen LogP contribution in [-0.2, 0) is 0 Å². The van der Waals surface area contributed by atoms with E-state index in [4.69, 9.17) is 0 Å². The maximum Gasteiger partial charge on any atom is 0.257 e. The van der Waals surface area contributed by atoms with E-state index in [1.54, 1.807) is 18.3 Å². The molecule has 2 heterocycles. The first-order valence-electron chi connectivity index (χ1n) is 6.40. The summed E-state index contributed by atoms with van der Waals surface area (Å²) in [6, 6.07) is 9.80. The summed E-state index contributed by atoms with van der Waals surface area (Å²) in [5.74, 6) is -1.86. The largest absolute Gasteiger partial charge is 0.319 e. The fourth-order valence-electron chi connectivity index (χ4n) is 1.98. The van der Waals surface area contributed by atoms with Crippen LogP contribution in [0.15, 0.2) is 54.0 Å². The topological polar surface area (TPSA) is 42.0 Å². The van der Waals surface area contributed by atoms with Crippen LogP contribution >= 0.6 is 11.3 Å². The van der Waals surface area contributed by atoms with Gasteiger partial charge in [-0.1, -0.05) is 6.07 Å². The Bertz CT molecular complexity index is 819. The van der Waals surface area contributed by atoms with Gasteiger partial charge in [0, 0.05) is 12.3 Å². The van der Waals surface area contributed by atoms with Gasteiger partial charge in [-0.3, -0.25) is 9.78 Å². The smallest absolute Gasteiger partial charge is 0.257 e. The number of nitrogens with zero attached hydrogens (tertiary/aromatic N) is 1. The Morgan fingerprint density at radius 1 is 1.14 bits per heavy atom. The molecule has 1 amide bonds. The lowest BCUT2D eigenvalue weighted by molar-refractivity contribution is 0.102. The second kappa shape index (κ2) is 6.03. The van der Waals surface area contributed by atoms with Gasteiger partial charge in [-0.25, -0.2) is 8.78 Å². The summed E-state index contributed by atoms with van der Waals surface area (Å²) in [4.78, 5) is 17.4. The standard InChI is InChI=1S/C16H10F2N2OS/c17-10-5-6-12(18)13(9-10)20-16(21)11-3-1-7-19-15(11)14-4-2-8-22-14/h1-9H,(H,20,21). The number of anilines is 1. The van der Waals surface area contributed by atoms with Crippen LogP contribution in [0.25, 0.3) is 10.6 Å². The molecule has 0 atom stereocenters. The fourth-order valence-corrected chi connectivity index (χ4v) is 2.72. The summed E-state index contributed by atoms with van der Waals surface area (Å²) < 4.78 is 26.8. The lowest BCUT2D eigenvalue weighted by atomic mass is 10.1. The zero-order chi connectivity index (χ0) is 15.5. The molecule has 0 bridgehead atoms. The van der Waals surface area contributed by atoms with E-state index < -0.39 is 17.5 Å². The summed E-state index contributed by atoms with van der Waals surface area (Å²) in [5.41, 5.74) is 0.603. The highest BCUT2D eigenvalue weighted by molar-refractivity contribution is 7.13. The predicted octanol–water partition coefficient (Wildman–Crippen LogP) is 4.34. The third kappa shape index (κ3) is 2.87. The zero-order valence-electron chi connectivity index (χ0n) is 11.2. The summed E-state index contributed by atoms with van der Waals surface area (Å²) >= 11 is 1.44. The summed E-state index contributed by atoms with van der Waals surface area (Å²) in [6.45, 7) is 0.